The Balaban J connectivity index is 2.76. The molecule has 0 bridgehead atoms. The third-order valence-electron chi connectivity index (χ3n) is 0.865. The van der Waals surface area contributed by atoms with Gasteiger partial charge in [-0.2, -0.15) is 0 Å². The van der Waals surface area contributed by atoms with Crippen molar-refractivity contribution >= 4 is 5.82 Å². The van der Waals surface area contributed by atoms with Crippen molar-refractivity contribution in [2.24, 2.45) is 0 Å². The molecule has 9 heavy (non-hydrogen) atoms. The highest BCUT2D eigenvalue weighted by Crippen LogP contribution is 1.96. The maximum atomic E-state index is 4.96. The molecule has 0 fully saturated rings. The Hall–Kier alpha value is -1.49. The largest absolute Gasteiger partial charge is 0.300 e. The summed E-state index contributed by atoms with van der Waals surface area (Å²) in [5.41, 5.74) is 0. The van der Waals surface area contributed by atoms with Gasteiger partial charge in [-0.15, -0.1) is 0 Å². The monoisotopic (exact) mass is 118 g/mol. The number of hydrogen-bond donors (Lipinski definition) is 1. The molecule has 0 spiro atoms. The molecule has 44 valence electrons. The van der Waals surface area contributed by atoms with Gasteiger partial charge in [0.05, 0.1) is 0 Å². The van der Waals surface area contributed by atoms with Gasteiger partial charge in [0, 0.05) is 12.2 Å². The third-order valence-corrected chi connectivity index (χ3v) is 0.865. The molecule has 0 aromatic carbocycles. The smallest absolute Gasteiger partial charge is 0.137 e. The predicted octanol–water partition coefficient (Wildman–Crippen LogP) is 1.08. The van der Waals surface area contributed by atoms with Crippen LogP contribution in [0, 0.1) is 12.5 Å². The van der Waals surface area contributed by atoms with Crippen LogP contribution in [-0.4, -0.2) is 4.98 Å². The fourth-order valence-electron chi connectivity index (χ4n) is 0.511. The van der Waals surface area contributed by atoms with Gasteiger partial charge >= 0.3 is 0 Å². The van der Waals surface area contributed by atoms with Crippen molar-refractivity contribution in [3.05, 3.63) is 24.4 Å². The second-order valence-electron chi connectivity index (χ2n) is 1.48. The number of hydrogen-bond acceptors (Lipinski definition) is 2. The average molecular weight is 118 g/mol. The van der Waals surface area contributed by atoms with Crippen LogP contribution in [0.4, 0.5) is 5.82 Å². The van der Waals surface area contributed by atoms with E-state index in [1.54, 1.807) is 12.3 Å². The molecule has 0 aliphatic carbocycles. The summed E-state index contributed by atoms with van der Waals surface area (Å²) < 4.78 is 0. The zero-order valence-electron chi connectivity index (χ0n) is 4.83. The zero-order chi connectivity index (χ0) is 6.53. The number of pyridine rings is 1. The molecule has 1 rings (SSSR count). The van der Waals surface area contributed by atoms with E-state index in [0.717, 1.165) is 0 Å². The summed E-state index contributed by atoms with van der Waals surface area (Å²) in [7, 11) is 0. The van der Waals surface area contributed by atoms with E-state index in [2.05, 4.69) is 16.3 Å². The lowest BCUT2D eigenvalue weighted by Gasteiger charge is -1.91. The van der Waals surface area contributed by atoms with E-state index < -0.39 is 0 Å². The van der Waals surface area contributed by atoms with Gasteiger partial charge in [-0.25, -0.2) is 4.98 Å². The van der Waals surface area contributed by atoms with E-state index in [4.69, 9.17) is 6.42 Å². The normalized spacial score (nSPS) is 7.89. The van der Waals surface area contributed by atoms with E-state index in [9.17, 15) is 0 Å². The van der Waals surface area contributed by atoms with E-state index in [1.807, 2.05) is 12.1 Å². The van der Waals surface area contributed by atoms with Crippen molar-refractivity contribution in [3.63, 3.8) is 0 Å². The van der Waals surface area contributed by atoms with Crippen molar-refractivity contribution in [1.82, 2.24) is 4.98 Å². The highest BCUT2D eigenvalue weighted by Gasteiger charge is 1.81. The molecular formula is C7H6N2. The van der Waals surface area contributed by atoms with Gasteiger partial charge in [0.1, 0.15) is 5.82 Å². The second kappa shape index (κ2) is 2.73. The zero-order valence-corrected chi connectivity index (χ0v) is 4.83. The SMILES string of the molecule is C#CNc1ccccn1. The van der Waals surface area contributed by atoms with Crippen LogP contribution >= 0.6 is 0 Å². The van der Waals surface area contributed by atoms with E-state index in [-0.39, 0.29) is 0 Å². The van der Waals surface area contributed by atoms with Gasteiger partial charge in [-0.05, 0) is 12.1 Å². The first-order valence-corrected chi connectivity index (χ1v) is 2.56. The first kappa shape index (κ1) is 5.64. The summed E-state index contributed by atoms with van der Waals surface area (Å²) in [5.74, 6) is 0.708. The topological polar surface area (TPSA) is 24.9 Å². The molecule has 0 atom stereocenters. The molecule has 1 N–H and O–H groups in total. The van der Waals surface area contributed by atoms with Crippen LogP contribution in [0.5, 0.6) is 0 Å². The van der Waals surface area contributed by atoms with Crippen LogP contribution in [0.2, 0.25) is 0 Å². The molecule has 2 heteroatoms. The fourth-order valence-corrected chi connectivity index (χ4v) is 0.511. The molecule has 0 amide bonds. The number of aromatic nitrogens is 1. The maximum absolute atomic E-state index is 4.96. The van der Waals surface area contributed by atoms with Gasteiger partial charge in [-0.3, -0.25) is 5.32 Å². The minimum absolute atomic E-state index is 0.708. The summed E-state index contributed by atoms with van der Waals surface area (Å²) >= 11 is 0. The number of rotatable bonds is 1. The molecule has 0 saturated heterocycles. The van der Waals surface area contributed by atoms with Gasteiger partial charge < -0.3 is 0 Å². The average Bonchev–Trinajstić information content (AvgIpc) is 1.91. The lowest BCUT2D eigenvalue weighted by molar-refractivity contribution is 1.32. The molecule has 0 aliphatic heterocycles. The Morgan fingerprint density at radius 1 is 1.56 bits per heavy atom. The summed E-state index contributed by atoms with van der Waals surface area (Å²) in [5, 5.41) is 2.62. The van der Waals surface area contributed by atoms with Crippen LogP contribution < -0.4 is 5.32 Å². The summed E-state index contributed by atoms with van der Waals surface area (Å²) in [6.07, 6.45) is 6.64. The van der Waals surface area contributed by atoms with E-state index in [1.165, 1.54) is 0 Å². The van der Waals surface area contributed by atoms with Crippen molar-refractivity contribution in [3.8, 4) is 12.5 Å². The second-order valence-corrected chi connectivity index (χ2v) is 1.48. The molecular weight excluding hydrogens is 112 g/mol. The Morgan fingerprint density at radius 2 is 2.44 bits per heavy atom. The summed E-state index contributed by atoms with van der Waals surface area (Å²) in [4.78, 5) is 3.91. The summed E-state index contributed by atoms with van der Waals surface area (Å²) in [6, 6.07) is 7.78. The third kappa shape index (κ3) is 1.46. The highest BCUT2D eigenvalue weighted by atomic mass is 14.9. The molecule has 0 radical (unpaired) electrons. The minimum atomic E-state index is 0.708. The molecule has 1 heterocycles. The van der Waals surface area contributed by atoms with E-state index >= 15 is 0 Å². The summed E-state index contributed by atoms with van der Waals surface area (Å²) in [6.45, 7) is 0. The quantitative estimate of drug-likeness (QED) is 0.441. The minimum Gasteiger partial charge on any atom is -0.300 e. The molecule has 0 saturated carbocycles. The standard InChI is InChI=1S/C7H6N2/c1-2-8-7-5-3-4-6-9-7/h1,3-6H,(H,8,9). The first-order valence-electron chi connectivity index (χ1n) is 2.56. The number of terminal acetylenes is 1. The molecule has 0 aliphatic rings. The highest BCUT2D eigenvalue weighted by molar-refractivity contribution is 5.38. The fraction of sp³-hybridized carbons (Fsp3) is 0. The van der Waals surface area contributed by atoms with Crippen LogP contribution in [0.25, 0.3) is 0 Å². The maximum Gasteiger partial charge on any atom is 0.137 e. The van der Waals surface area contributed by atoms with Gasteiger partial charge in [0.2, 0.25) is 0 Å². The van der Waals surface area contributed by atoms with Crippen LogP contribution in [0.3, 0.4) is 0 Å². The molecule has 1 aromatic heterocycles. The van der Waals surface area contributed by atoms with Crippen LogP contribution in [-0.2, 0) is 0 Å². The number of nitrogens with one attached hydrogen (secondary N) is 1. The lowest BCUT2D eigenvalue weighted by Crippen LogP contribution is -1.88. The van der Waals surface area contributed by atoms with Crippen molar-refractivity contribution in [1.29, 1.82) is 0 Å². The number of nitrogens with zero attached hydrogens (tertiary/aromatic N) is 1. The van der Waals surface area contributed by atoms with Crippen molar-refractivity contribution in [2.75, 3.05) is 5.32 Å². The van der Waals surface area contributed by atoms with Gasteiger partial charge in [-0.1, -0.05) is 12.5 Å². The Bertz CT molecular complexity index is 210. The molecule has 0 unspecified atom stereocenters. The Morgan fingerprint density at radius 3 is 3.00 bits per heavy atom. The first-order chi connectivity index (χ1) is 4.43. The predicted molar refractivity (Wildman–Crippen MR) is 36.7 cm³/mol. The molecule has 2 nitrogen and oxygen atoms in total. The van der Waals surface area contributed by atoms with Crippen LogP contribution in [0.15, 0.2) is 24.4 Å². The van der Waals surface area contributed by atoms with Crippen molar-refractivity contribution < 1.29 is 0 Å². The Kier molecular flexibility index (Phi) is 1.71. The van der Waals surface area contributed by atoms with Crippen LogP contribution in [0.1, 0.15) is 0 Å². The lowest BCUT2D eigenvalue weighted by atomic mass is 10.5. The van der Waals surface area contributed by atoms with Gasteiger partial charge in [0.25, 0.3) is 0 Å². The number of anilines is 1. The van der Waals surface area contributed by atoms with Gasteiger partial charge in [0.15, 0.2) is 0 Å². The van der Waals surface area contributed by atoms with Crippen molar-refractivity contribution in [2.45, 2.75) is 0 Å². The van der Waals surface area contributed by atoms with E-state index in [0.29, 0.717) is 5.82 Å². The Labute approximate surface area is 53.9 Å². The molecule has 1 aromatic rings.